The molecule has 0 radical (unpaired) electrons. The zero-order chi connectivity index (χ0) is 5.11. The summed E-state index contributed by atoms with van der Waals surface area (Å²) in [4.78, 5) is 0. The molecule has 0 aliphatic rings. The molecule has 0 aliphatic heterocycles. The van der Waals surface area contributed by atoms with Crippen LogP contribution in [0.4, 0.5) is 4.39 Å². The Kier molecular flexibility index (Phi) is 3.51. The van der Waals surface area contributed by atoms with Gasteiger partial charge in [0, 0.05) is 17.4 Å². The summed E-state index contributed by atoms with van der Waals surface area (Å²) in [7, 11) is 0. The molecule has 1 rings (SSSR count). The number of hydrogen-bond acceptors (Lipinski definition) is 0. The van der Waals surface area contributed by atoms with Gasteiger partial charge in [-0.1, -0.05) is 18.2 Å². The topological polar surface area (TPSA) is 0 Å². The third kappa shape index (κ3) is 2.11. The second-order valence-corrected chi connectivity index (χ2v) is 1.30. The number of hydrogen-bond donors (Lipinski definition) is 0. The van der Waals surface area contributed by atoms with Crippen LogP contribution >= 0.6 is 0 Å². The van der Waals surface area contributed by atoms with Gasteiger partial charge in [-0.15, -0.1) is 0 Å². The first-order chi connectivity index (χ1) is 3.39. The van der Waals surface area contributed by atoms with Gasteiger partial charge in [0.2, 0.25) is 0 Å². The fourth-order valence-electron chi connectivity index (χ4n) is 0.415. The molecule has 0 bridgehead atoms. The van der Waals surface area contributed by atoms with Crippen LogP contribution in [-0.4, -0.2) is 0 Å². The normalized spacial score (nSPS) is 7.62. The summed E-state index contributed by atoms with van der Waals surface area (Å²) in [6, 6.07) is 7.94. The molecule has 0 nitrogen and oxygen atoms in total. The summed E-state index contributed by atoms with van der Waals surface area (Å²) < 4.78 is 11.9. The van der Waals surface area contributed by atoms with E-state index in [1.165, 1.54) is 12.1 Å². The van der Waals surface area contributed by atoms with Crippen molar-refractivity contribution in [3.63, 3.8) is 0 Å². The van der Waals surface area contributed by atoms with Crippen LogP contribution in [0.1, 0.15) is 0 Å². The monoisotopic (exact) mass is 148 g/mol. The van der Waals surface area contributed by atoms with E-state index in [0.29, 0.717) is 0 Å². The maximum Gasteiger partial charge on any atom is 0.123 e. The van der Waals surface area contributed by atoms with Crippen molar-refractivity contribution in [3.05, 3.63) is 36.1 Å². The van der Waals surface area contributed by atoms with Crippen LogP contribution in [0.3, 0.4) is 0 Å². The molecular weight excluding hydrogens is 143 g/mol. The third-order valence-electron chi connectivity index (χ3n) is 0.733. The van der Waals surface area contributed by atoms with Gasteiger partial charge in [-0.05, 0) is 12.1 Å². The molecule has 0 aliphatic carbocycles. The molecule has 0 saturated carbocycles. The second kappa shape index (κ2) is 3.66. The average Bonchev–Trinajstić information content (AvgIpc) is 1.69. The van der Waals surface area contributed by atoms with Crippen LogP contribution in [0.15, 0.2) is 30.3 Å². The maximum absolute atomic E-state index is 11.9. The largest absolute Gasteiger partial charge is 0.207 e. The number of rotatable bonds is 0. The van der Waals surface area contributed by atoms with E-state index >= 15 is 0 Å². The van der Waals surface area contributed by atoms with Gasteiger partial charge in [0.25, 0.3) is 0 Å². The Bertz CT molecular complexity index is 138. The average molecular weight is 148 g/mol. The van der Waals surface area contributed by atoms with Crippen molar-refractivity contribution in [2.24, 2.45) is 0 Å². The standard InChI is InChI=1S/C6H5F.Cr/c7-6-4-2-1-3-5-6;/h1-5H;. The summed E-state index contributed by atoms with van der Waals surface area (Å²) in [5.74, 6) is -0.178. The first kappa shape index (κ1) is 7.68. The molecule has 8 heavy (non-hydrogen) atoms. The fraction of sp³-hybridized carbons (Fsp3) is 0. The smallest absolute Gasteiger partial charge is 0.123 e. The first-order valence-electron chi connectivity index (χ1n) is 2.10. The summed E-state index contributed by atoms with van der Waals surface area (Å²) in [6.45, 7) is 0. The van der Waals surface area contributed by atoms with Crippen molar-refractivity contribution >= 4 is 0 Å². The van der Waals surface area contributed by atoms with Crippen LogP contribution in [0.2, 0.25) is 0 Å². The molecule has 0 aromatic heterocycles. The van der Waals surface area contributed by atoms with Crippen molar-refractivity contribution in [2.75, 3.05) is 0 Å². The third-order valence-corrected chi connectivity index (χ3v) is 0.733. The van der Waals surface area contributed by atoms with Gasteiger partial charge in [0.1, 0.15) is 5.82 Å². The molecule has 0 saturated heterocycles. The quantitative estimate of drug-likeness (QED) is 0.526. The van der Waals surface area contributed by atoms with E-state index in [4.69, 9.17) is 0 Å². The predicted octanol–water partition coefficient (Wildman–Crippen LogP) is 1.82. The molecule has 2 heteroatoms. The van der Waals surface area contributed by atoms with Crippen molar-refractivity contribution in [1.29, 1.82) is 0 Å². The Hall–Kier alpha value is -0.318. The molecule has 0 N–H and O–H groups in total. The van der Waals surface area contributed by atoms with Crippen molar-refractivity contribution in [3.8, 4) is 0 Å². The maximum atomic E-state index is 11.9. The van der Waals surface area contributed by atoms with Crippen LogP contribution in [-0.2, 0) is 17.4 Å². The molecule has 0 unspecified atom stereocenters. The van der Waals surface area contributed by atoms with Gasteiger partial charge in [-0.2, -0.15) is 0 Å². The first-order valence-corrected chi connectivity index (χ1v) is 2.10. The van der Waals surface area contributed by atoms with Crippen LogP contribution in [0, 0.1) is 5.82 Å². The minimum atomic E-state index is -0.178. The van der Waals surface area contributed by atoms with Crippen molar-refractivity contribution in [1.82, 2.24) is 0 Å². The Morgan fingerprint density at radius 2 is 1.50 bits per heavy atom. The molecule has 0 fully saturated rings. The minimum Gasteiger partial charge on any atom is -0.207 e. The Morgan fingerprint density at radius 3 is 1.75 bits per heavy atom. The Morgan fingerprint density at radius 1 is 1.00 bits per heavy atom. The summed E-state index contributed by atoms with van der Waals surface area (Å²) >= 11 is 0. The van der Waals surface area contributed by atoms with Gasteiger partial charge in [0.15, 0.2) is 0 Å². The van der Waals surface area contributed by atoms with Gasteiger partial charge < -0.3 is 0 Å². The molecule has 1 aromatic carbocycles. The van der Waals surface area contributed by atoms with Gasteiger partial charge in [0.05, 0.1) is 0 Å². The van der Waals surface area contributed by atoms with E-state index in [-0.39, 0.29) is 23.2 Å². The molecule has 42 valence electrons. The molecule has 1 aromatic rings. The van der Waals surface area contributed by atoms with E-state index in [2.05, 4.69) is 0 Å². The van der Waals surface area contributed by atoms with Crippen LogP contribution in [0.25, 0.3) is 0 Å². The molecule has 0 amide bonds. The Labute approximate surface area is 58.5 Å². The fourth-order valence-corrected chi connectivity index (χ4v) is 0.415. The Balaban J connectivity index is 0.000000490. The number of benzene rings is 1. The van der Waals surface area contributed by atoms with Crippen LogP contribution < -0.4 is 0 Å². The molecule has 0 heterocycles. The molecule has 0 spiro atoms. The van der Waals surface area contributed by atoms with E-state index in [9.17, 15) is 4.39 Å². The second-order valence-electron chi connectivity index (χ2n) is 1.30. The number of halogens is 1. The van der Waals surface area contributed by atoms with E-state index in [0.717, 1.165) is 0 Å². The van der Waals surface area contributed by atoms with E-state index in [1.807, 2.05) is 0 Å². The summed E-state index contributed by atoms with van der Waals surface area (Å²) in [6.07, 6.45) is 0. The summed E-state index contributed by atoms with van der Waals surface area (Å²) in [5.41, 5.74) is 0. The molecular formula is C6H5CrF. The van der Waals surface area contributed by atoms with Gasteiger partial charge in [-0.3, -0.25) is 0 Å². The predicted molar refractivity (Wildman–Crippen MR) is 26.4 cm³/mol. The SMILES string of the molecule is Fc1ccccc1.[Cr]. The zero-order valence-electron chi connectivity index (χ0n) is 4.17. The minimum absolute atomic E-state index is 0. The van der Waals surface area contributed by atoms with Gasteiger partial charge >= 0.3 is 0 Å². The van der Waals surface area contributed by atoms with E-state index < -0.39 is 0 Å². The summed E-state index contributed by atoms with van der Waals surface area (Å²) in [5, 5.41) is 0. The van der Waals surface area contributed by atoms with Gasteiger partial charge in [-0.25, -0.2) is 4.39 Å². The molecule has 0 atom stereocenters. The van der Waals surface area contributed by atoms with E-state index in [1.54, 1.807) is 18.2 Å². The van der Waals surface area contributed by atoms with Crippen molar-refractivity contribution < 1.29 is 21.8 Å². The van der Waals surface area contributed by atoms with Crippen LogP contribution in [0.5, 0.6) is 0 Å². The van der Waals surface area contributed by atoms with Crippen molar-refractivity contribution in [2.45, 2.75) is 0 Å². The zero-order valence-corrected chi connectivity index (χ0v) is 5.45.